The molecule has 0 unspecified atom stereocenters. The highest BCUT2D eigenvalue weighted by Crippen LogP contribution is 2.30. The maximum atomic E-state index is 12.0. The number of imidazole rings is 1. The molecule has 0 saturated heterocycles. The Hall–Kier alpha value is -2.33. The number of methoxy groups -OCH3 is 1. The Morgan fingerprint density at radius 1 is 1.30 bits per heavy atom. The van der Waals surface area contributed by atoms with Gasteiger partial charge >= 0.3 is 5.97 Å². The monoisotopic (exact) mass is 286 g/mol. The fourth-order valence-electron chi connectivity index (χ4n) is 2.20. The second kappa shape index (κ2) is 4.98. The Balaban J connectivity index is 2.40. The van der Waals surface area contributed by atoms with Crippen LogP contribution in [0.5, 0.6) is 0 Å². The van der Waals surface area contributed by atoms with Crippen molar-refractivity contribution in [3.63, 3.8) is 0 Å². The van der Waals surface area contributed by atoms with Gasteiger partial charge < -0.3 is 4.74 Å². The van der Waals surface area contributed by atoms with Crippen LogP contribution in [0.25, 0.3) is 16.8 Å². The van der Waals surface area contributed by atoms with Crippen LogP contribution in [0.2, 0.25) is 5.02 Å². The van der Waals surface area contributed by atoms with Gasteiger partial charge in [-0.25, -0.2) is 9.78 Å². The number of carbonyl (C=O) groups is 1. The topological polar surface area (TPSA) is 43.6 Å². The molecular formula is C15H11ClN2O2. The molecule has 0 spiro atoms. The number of halogens is 1. The summed E-state index contributed by atoms with van der Waals surface area (Å²) in [6.45, 7) is 0. The smallest absolute Gasteiger partial charge is 0.340 e. The van der Waals surface area contributed by atoms with E-state index in [0.29, 0.717) is 16.3 Å². The van der Waals surface area contributed by atoms with Gasteiger partial charge in [0.1, 0.15) is 0 Å². The second-order valence-electron chi connectivity index (χ2n) is 4.26. The summed E-state index contributed by atoms with van der Waals surface area (Å²) in [6.07, 6.45) is 3.30. The summed E-state index contributed by atoms with van der Waals surface area (Å²) in [6, 6.07) is 11.2. The van der Waals surface area contributed by atoms with Gasteiger partial charge in [0.15, 0.2) is 0 Å². The van der Waals surface area contributed by atoms with Gasteiger partial charge in [-0.05, 0) is 11.6 Å². The van der Waals surface area contributed by atoms with Crippen LogP contribution in [0.3, 0.4) is 0 Å². The molecule has 3 aromatic rings. The molecule has 2 aromatic heterocycles. The van der Waals surface area contributed by atoms with Gasteiger partial charge in [0.05, 0.1) is 41.4 Å². The molecule has 0 N–H and O–H groups in total. The first-order valence-corrected chi connectivity index (χ1v) is 6.38. The molecule has 0 atom stereocenters. The van der Waals surface area contributed by atoms with Crippen LogP contribution in [-0.4, -0.2) is 22.5 Å². The van der Waals surface area contributed by atoms with E-state index in [9.17, 15) is 4.79 Å². The lowest BCUT2D eigenvalue weighted by Crippen LogP contribution is -2.07. The fraction of sp³-hybridized carbons (Fsp3) is 0.0667. The number of rotatable bonds is 2. The van der Waals surface area contributed by atoms with Gasteiger partial charge in [0, 0.05) is 0 Å². The lowest BCUT2D eigenvalue weighted by molar-refractivity contribution is 0.0601. The van der Waals surface area contributed by atoms with Crippen LogP contribution in [-0.2, 0) is 4.74 Å². The molecular weight excluding hydrogens is 276 g/mol. The number of nitrogens with zero attached hydrogens (tertiary/aromatic N) is 2. The fourth-order valence-corrected chi connectivity index (χ4v) is 2.45. The Kier molecular flexibility index (Phi) is 3.16. The molecule has 5 heteroatoms. The van der Waals surface area contributed by atoms with Crippen molar-refractivity contribution in [2.45, 2.75) is 0 Å². The van der Waals surface area contributed by atoms with Crippen LogP contribution < -0.4 is 0 Å². The highest BCUT2D eigenvalue weighted by Gasteiger charge is 2.19. The largest absolute Gasteiger partial charge is 0.465 e. The van der Waals surface area contributed by atoms with Gasteiger partial charge in [-0.1, -0.05) is 41.9 Å². The van der Waals surface area contributed by atoms with Crippen molar-refractivity contribution in [1.29, 1.82) is 0 Å². The van der Waals surface area contributed by atoms with E-state index in [4.69, 9.17) is 16.3 Å². The van der Waals surface area contributed by atoms with Crippen molar-refractivity contribution in [3.8, 4) is 11.3 Å². The molecule has 0 aliphatic rings. The minimum atomic E-state index is -0.429. The summed E-state index contributed by atoms with van der Waals surface area (Å²) in [7, 11) is 1.35. The number of benzene rings is 1. The summed E-state index contributed by atoms with van der Waals surface area (Å²) in [5.74, 6) is -0.429. The van der Waals surface area contributed by atoms with Crippen molar-refractivity contribution in [2.75, 3.05) is 7.11 Å². The number of esters is 1. The predicted molar refractivity (Wildman–Crippen MR) is 77.0 cm³/mol. The van der Waals surface area contributed by atoms with E-state index >= 15 is 0 Å². The van der Waals surface area contributed by atoms with E-state index < -0.39 is 5.97 Å². The zero-order valence-corrected chi connectivity index (χ0v) is 11.5. The molecule has 100 valence electrons. The van der Waals surface area contributed by atoms with Gasteiger partial charge in [0.25, 0.3) is 0 Å². The van der Waals surface area contributed by atoms with Gasteiger partial charge in [0.2, 0.25) is 0 Å². The molecule has 0 saturated carbocycles. The lowest BCUT2D eigenvalue weighted by Gasteiger charge is -2.12. The number of pyridine rings is 1. The van der Waals surface area contributed by atoms with Crippen molar-refractivity contribution in [1.82, 2.24) is 9.38 Å². The Morgan fingerprint density at radius 3 is 2.75 bits per heavy atom. The highest BCUT2D eigenvalue weighted by molar-refractivity contribution is 6.34. The number of ether oxygens (including phenoxy) is 1. The van der Waals surface area contributed by atoms with E-state index in [1.165, 1.54) is 7.11 Å². The van der Waals surface area contributed by atoms with Crippen molar-refractivity contribution in [3.05, 3.63) is 59.5 Å². The number of hydrogen-bond donors (Lipinski definition) is 0. The number of hydrogen-bond acceptors (Lipinski definition) is 3. The molecule has 0 radical (unpaired) electrons. The Morgan fingerprint density at radius 2 is 2.05 bits per heavy atom. The average molecular weight is 287 g/mol. The number of fused-ring (bicyclic) bond motifs is 1. The summed E-state index contributed by atoms with van der Waals surface area (Å²) >= 11 is 6.20. The van der Waals surface area contributed by atoms with Gasteiger partial charge in [-0.3, -0.25) is 4.40 Å². The van der Waals surface area contributed by atoms with E-state index in [0.717, 1.165) is 11.1 Å². The summed E-state index contributed by atoms with van der Waals surface area (Å²) in [4.78, 5) is 16.1. The summed E-state index contributed by atoms with van der Waals surface area (Å²) in [5, 5.41) is 0.461. The highest BCUT2D eigenvalue weighted by atomic mass is 35.5. The Labute approximate surface area is 120 Å². The van der Waals surface area contributed by atoms with E-state index in [1.807, 2.05) is 30.3 Å². The average Bonchev–Trinajstić information content (AvgIpc) is 2.97. The zero-order chi connectivity index (χ0) is 14.1. The maximum absolute atomic E-state index is 12.0. The normalized spacial score (nSPS) is 10.7. The van der Waals surface area contributed by atoms with E-state index in [2.05, 4.69) is 4.98 Å². The molecule has 20 heavy (non-hydrogen) atoms. The molecule has 3 rings (SSSR count). The minimum Gasteiger partial charge on any atom is -0.465 e. The first kappa shape index (κ1) is 12.7. The summed E-state index contributed by atoms with van der Waals surface area (Å²) in [5.41, 5.74) is 2.77. The summed E-state index contributed by atoms with van der Waals surface area (Å²) < 4.78 is 6.64. The van der Waals surface area contributed by atoms with Crippen molar-refractivity contribution in [2.24, 2.45) is 0 Å². The first-order chi connectivity index (χ1) is 9.72. The van der Waals surface area contributed by atoms with E-state index in [-0.39, 0.29) is 0 Å². The third kappa shape index (κ3) is 1.94. The van der Waals surface area contributed by atoms with Crippen LogP contribution in [0.4, 0.5) is 0 Å². The van der Waals surface area contributed by atoms with Crippen molar-refractivity contribution < 1.29 is 9.53 Å². The Bertz CT molecular complexity index is 781. The zero-order valence-electron chi connectivity index (χ0n) is 10.7. The maximum Gasteiger partial charge on any atom is 0.340 e. The molecule has 2 heterocycles. The second-order valence-corrected chi connectivity index (χ2v) is 4.67. The molecule has 0 aliphatic carbocycles. The predicted octanol–water partition coefficient (Wildman–Crippen LogP) is 3.44. The quantitative estimate of drug-likeness (QED) is 0.678. The molecule has 0 bridgehead atoms. The molecule has 0 fully saturated rings. The first-order valence-electron chi connectivity index (χ1n) is 6.00. The third-order valence-corrected chi connectivity index (χ3v) is 3.41. The van der Waals surface area contributed by atoms with Crippen LogP contribution in [0.1, 0.15) is 10.4 Å². The molecule has 4 nitrogen and oxygen atoms in total. The molecule has 0 aliphatic heterocycles. The van der Waals surface area contributed by atoms with Gasteiger partial charge in [-0.15, -0.1) is 0 Å². The standard InChI is InChI=1S/C15H11ClN2O2/c1-20-15(19)11-7-12(16)13-8-17-9-18(13)14(11)10-5-3-2-4-6-10/h2-9H,1H3. The van der Waals surface area contributed by atoms with Crippen molar-refractivity contribution >= 4 is 23.1 Å². The lowest BCUT2D eigenvalue weighted by atomic mass is 10.1. The SMILES string of the molecule is COC(=O)c1cc(Cl)c2cncn2c1-c1ccccc1. The van der Waals surface area contributed by atoms with Gasteiger partial charge in [-0.2, -0.15) is 0 Å². The van der Waals surface area contributed by atoms with E-state index in [1.54, 1.807) is 23.0 Å². The van der Waals surface area contributed by atoms with Crippen LogP contribution in [0, 0.1) is 0 Å². The molecule has 0 amide bonds. The van der Waals surface area contributed by atoms with Crippen LogP contribution >= 0.6 is 11.6 Å². The number of carbonyl (C=O) groups excluding carboxylic acids is 1. The number of aromatic nitrogens is 2. The third-order valence-electron chi connectivity index (χ3n) is 3.10. The van der Waals surface area contributed by atoms with Crippen LogP contribution in [0.15, 0.2) is 48.9 Å². The molecule has 1 aromatic carbocycles. The minimum absolute atomic E-state index is 0.411.